The van der Waals surface area contributed by atoms with Crippen LogP contribution in [0.1, 0.15) is 18.1 Å². The molecule has 1 aliphatic rings. The number of hydrogen-bond acceptors (Lipinski definition) is 1. The molecule has 1 atom stereocenters. The lowest BCUT2D eigenvalue weighted by molar-refractivity contribution is 0.115. The number of hydrogen-bond donors (Lipinski definition) is 0. The zero-order chi connectivity index (χ0) is 9.10. The third-order valence-electron chi connectivity index (χ3n) is 2.31. The molecule has 1 nitrogen and oxygen atoms in total. The Kier molecular flexibility index (Phi) is 2.31. The quantitative estimate of drug-likeness (QED) is 0.592. The Morgan fingerprint density at radius 2 is 2.08 bits per heavy atom. The summed E-state index contributed by atoms with van der Waals surface area (Å²) in [6.07, 6.45) is 1.15. The molecular formula is C12H12O. The molecule has 1 aromatic rings. The Bertz CT molecular complexity index is 333. The van der Waals surface area contributed by atoms with Gasteiger partial charge >= 0.3 is 0 Å². The summed E-state index contributed by atoms with van der Waals surface area (Å²) in [6.45, 7) is 4.31. The van der Waals surface area contributed by atoms with Crippen LogP contribution < -0.4 is 0 Å². The fraction of sp³-hybridized carbons (Fsp3) is 0.250. The first-order valence-electron chi connectivity index (χ1n) is 4.44. The fourth-order valence-electron chi connectivity index (χ4n) is 1.55. The first-order valence-corrected chi connectivity index (χ1v) is 4.44. The molecular weight excluding hydrogens is 160 g/mol. The van der Waals surface area contributed by atoms with Crippen molar-refractivity contribution in [3.63, 3.8) is 0 Å². The second-order valence-electron chi connectivity index (χ2n) is 3.19. The number of ether oxygens (including phenoxy) is 1. The van der Waals surface area contributed by atoms with E-state index in [-0.39, 0.29) is 6.10 Å². The van der Waals surface area contributed by atoms with E-state index >= 15 is 0 Å². The zero-order valence-corrected chi connectivity index (χ0v) is 7.49. The van der Waals surface area contributed by atoms with E-state index in [0.717, 1.165) is 6.42 Å². The summed E-state index contributed by atoms with van der Waals surface area (Å²) in [5.74, 6) is 0. The maximum absolute atomic E-state index is 5.60. The number of rotatable bonds is 1. The van der Waals surface area contributed by atoms with E-state index in [1.165, 1.54) is 11.1 Å². The molecule has 1 heterocycles. The molecule has 0 saturated carbocycles. The van der Waals surface area contributed by atoms with E-state index in [1.807, 2.05) is 18.2 Å². The molecule has 2 rings (SSSR count). The van der Waals surface area contributed by atoms with Gasteiger partial charge in [-0.15, -0.1) is 5.73 Å². The highest BCUT2D eigenvalue weighted by Gasteiger charge is 2.20. The zero-order valence-electron chi connectivity index (χ0n) is 7.49. The fourth-order valence-corrected chi connectivity index (χ4v) is 1.55. The summed E-state index contributed by atoms with van der Waals surface area (Å²) in [5.41, 5.74) is 5.32. The molecule has 1 aromatic carbocycles. The highest BCUT2D eigenvalue weighted by Crippen LogP contribution is 2.30. The largest absolute Gasteiger partial charge is 0.368 e. The lowest BCUT2D eigenvalue weighted by atomic mass is 10.1. The maximum Gasteiger partial charge on any atom is 0.0873 e. The van der Waals surface area contributed by atoms with Crippen molar-refractivity contribution in [2.24, 2.45) is 0 Å². The topological polar surface area (TPSA) is 9.23 Å². The summed E-state index contributed by atoms with van der Waals surface area (Å²) in [6, 6.07) is 10.3. The molecule has 0 N–H and O–H groups in total. The smallest absolute Gasteiger partial charge is 0.0873 e. The van der Waals surface area contributed by atoms with Gasteiger partial charge in [-0.3, -0.25) is 0 Å². The minimum Gasteiger partial charge on any atom is -0.368 e. The highest BCUT2D eigenvalue weighted by atomic mass is 16.5. The standard InChI is InChI=1S/C12H12O/c1-2-10-8-12(13-9-10)11-6-4-3-5-7-11/h3-7,12H,1,8-9H2. The SMILES string of the molecule is C=C=C1COC(c2ccccc2)C1. The van der Waals surface area contributed by atoms with Crippen molar-refractivity contribution in [3.8, 4) is 0 Å². The third-order valence-corrected chi connectivity index (χ3v) is 2.31. The van der Waals surface area contributed by atoms with E-state index < -0.39 is 0 Å². The average Bonchev–Trinajstić information content (AvgIpc) is 2.67. The van der Waals surface area contributed by atoms with Crippen LogP contribution in [0.5, 0.6) is 0 Å². The van der Waals surface area contributed by atoms with Gasteiger partial charge in [0, 0.05) is 6.42 Å². The van der Waals surface area contributed by atoms with Crippen LogP contribution in [0.2, 0.25) is 0 Å². The second-order valence-corrected chi connectivity index (χ2v) is 3.19. The van der Waals surface area contributed by atoms with Gasteiger partial charge in [-0.2, -0.15) is 0 Å². The van der Waals surface area contributed by atoms with Crippen LogP contribution in [0.15, 0.2) is 48.2 Å². The van der Waals surface area contributed by atoms with Gasteiger partial charge in [0.1, 0.15) is 0 Å². The van der Waals surface area contributed by atoms with Gasteiger partial charge in [0.15, 0.2) is 0 Å². The van der Waals surface area contributed by atoms with Crippen molar-refractivity contribution in [2.45, 2.75) is 12.5 Å². The Balaban J connectivity index is 2.17. The van der Waals surface area contributed by atoms with Crippen LogP contribution in [-0.2, 0) is 4.74 Å². The Morgan fingerprint density at radius 1 is 1.31 bits per heavy atom. The maximum atomic E-state index is 5.60. The van der Waals surface area contributed by atoms with E-state index in [4.69, 9.17) is 4.74 Å². The first-order chi connectivity index (χ1) is 6.40. The van der Waals surface area contributed by atoms with Gasteiger partial charge in [-0.05, 0) is 11.1 Å². The predicted octanol–water partition coefficient (Wildman–Crippen LogP) is 2.86. The molecule has 0 spiro atoms. The van der Waals surface area contributed by atoms with Gasteiger partial charge in [-0.25, -0.2) is 0 Å². The van der Waals surface area contributed by atoms with Crippen molar-refractivity contribution in [1.82, 2.24) is 0 Å². The van der Waals surface area contributed by atoms with E-state index in [1.54, 1.807) is 0 Å². The van der Waals surface area contributed by atoms with E-state index in [2.05, 4.69) is 24.4 Å². The van der Waals surface area contributed by atoms with Crippen LogP contribution in [0.3, 0.4) is 0 Å². The Labute approximate surface area is 78.3 Å². The predicted molar refractivity (Wildman–Crippen MR) is 52.4 cm³/mol. The molecule has 0 amide bonds. The third kappa shape index (κ3) is 1.72. The molecule has 0 radical (unpaired) electrons. The van der Waals surface area contributed by atoms with Gasteiger partial charge in [0.05, 0.1) is 12.7 Å². The molecule has 1 heteroatoms. The van der Waals surface area contributed by atoms with E-state index in [9.17, 15) is 0 Å². The molecule has 0 bridgehead atoms. The van der Waals surface area contributed by atoms with Crippen LogP contribution in [0.25, 0.3) is 0 Å². The molecule has 1 fully saturated rings. The molecule has 1 saturated heterocycles. The minimum atomic E-state index is 0.213. The van der Waals surface area contributed by atoms with Gasteiger partial charge in [-0.1, -0.05) is 36.9 Å². The molecule has 1 unspecified atom stereocenters. The van der Waals surface area contributed by atoms with Crippen molar-refractivity contribution >= 4 is 0 Å². The molecule has 0 aromatic heterocycles. The van der Waals surface area contributed by atoms with Gasteiger partial charge < -0.3 is 4.74 Å². The van der Waals surface area contributed by atoms with E-state index in [0.29, 0.717) is 6.61 Å². The molecule has 66 valence electrons. The van der Waals surface area contributed by atoms with Crippen LogP contribution >= 0.6 is 0 Å². The lowest BCUT2D eigenvalue weighted by Gasteiger charge is -2.07. The van der Waals surface area contributed by atoms with Crippen LogP contribution in [0.4, 0.5) is 0 Å². The summed E-state index contributed by atoms with van der Waals surface area (Å²) < 4.78 is 5.60. The van der Waals surface area contributed by atoms with Crippen molar-refractivity contribution in [3.05, 3.63) is 53.8 Å². The van der Waals surface area contributed by atoms with Crippen molar-refractivity contribution in [2.75, 3.05) is 6.61 Å². The lowest BCUT2D eigenvalue weighted by Crippen LogP contribution is -1.93. The normalized spacial score (nSPS) is 21.5. The minimum absolute atomic E-state index is 0.213. The number of benzene rings is 1. The van der Waals surface area contributed by atoms with Crippen LogP contribution in [-0.4, -0.2) is 6.61 Å². The Hall–Kier alpha value is -1.30. The van der Waals surface area contributed by atoms with Crippen molar-refractivity contribution < 1.29 is 4.74 Å². The summed E-state index contributed by atoms with van der Waals surface area (Å²) in [4.78, 5) is 0. The summed E-state index contributed by atoms with van der Waals surface area (Å²) in [7, 11) is 0. The first kappa shape index (κ1) is 8.31. The molecule has 13 heavy (non-hydrogen) atoms. The Morgan fingerprint density at radius 3 is 2.69 bits per heavy atom. The van der Waals surface area contributed by atoms with Crippen molar-refractivity contribution in [1.29, 1.82) is 0 Å². The average molecular weight is 172 g/mol. The highest BCUT2D eigenvalue weighted by molar-refractivity contribution is 5.21. The molecule has 0 aliphatic carbocycles. The van der Waals surface area contributed by atoms with Gasteiger partial charge in [0.2, 0.25) is 0 Å². The monoisotopic (exact) mass is 172 g/mol. The van der Waals surface area contributed by atoms with Gasteiger partial charge in [0.25, 0.3) is 0 Å². The summed E-state index contributed by atoms with van der Waals surface area (Å²) in [5, 5.41) is 0. The second kappa shape index (κ2) is 3.61. The molecule has 1 aliphatic heterocycles. The summed E-state index contributed by atoms with van der Waals surface area (Å²) >= 11 is 0. The van der Waals surface area contributed by atoms with Crippen LogP contribution in [0, 0.1) is 0 Å².